The molecule has 0 bridgehead atoms. The Morgan fingerprint density at radius 1 is 1.00 bits per heavy atom. The van der Waals surface area contributed by atoms with E-state index in [0.717, 1.165) is 52.6 Å². The van der Waals surface area contributed by atoms with Gasteiger partial charge in [0.2, 0.25) is 0 Å². The summed E-state index contributed by atoms with van der Waals surface area (Å²) in [6.45, 7) is 17.3. The van der Waals surface area contributed by atoms with Gasteiger partial charge in [0, 0.05) is 5.25 Å². The van der Waals surface area contributed by atoms with E-state index in [1.165, 1.54) is 70.0 Å². The van der Waals surface area contributed by atoms with Gasteiger partial charge in [-0.15, -0.1) is 0 Å². The molecule has 3 aliphatic carbocycles. The summed E-state index contributed by atoms with van der Waals surface area (Å²) in [7, 11) is 0. The fourth-order valence-electron chi connectivity index (χ4n) is 6.32. The molecule has 8 atom stereocenters. The van der Waals surface area contributed by atoms with Crippen LogP contribution in [0, 0.1) is 47.3 Å². The Morgan fingerprint density at radius 3 is 2.38 bits per heavy atom. The predicted molar refractivity (Wildman–Crippen MR) is 146 cm³/mol. The Kier molecular flexibility index (Phi) is 10.3. The van der Waals surface area contributed by atoms with Gasteiger partial charge in [-0.25, -0.2) is 0 Å². The Morgan fingerprint density at radius 2 is 1.72 bits per heavy atom. The van der Waals surface area contributed by atoms with Gasteiger partial charge < -0.3 is 0 Å². The Hall–Kier alpha value is -0.170. The second-order valence-corrected chi connectivity index (χ2v) is 13.7. The van der Waals surface area contributed by atoms with Gasteiger partial charge in [0.15, 0.2) is 0 Å². The minimum Gasteiger partial charge on any atom is -0.158 e. The highest BCUT2D eigenvalue weighted by Crippen LogP contribution is 2.45. The first-order valence-electron chi connectivity index (χ1n) is 14.3. The zero-order valence-corrected chi connectivity index (χ0v) is 23.4. The van der Waals surface area contributed by atoms with Crippen LogP contribution in [-0.2, 0) is 0 Å². The lowest BCUT2D eigenvalue weighted by atomic mass is 9.73. The highest BCUT2D eigenvalue weighted by molar-refractivity contribution is 7.99. The van der Waals surface area contributed by atoms with E-state index in [4.69, 9.17) is 0 Å². The number of allylic oxidation sites excluding steroid dienone is 4. The maximum Gasteiger partial charge on any atom is 0.00873 e. The third-order valence-electron chi connectivity index (χ3n) is 9.63. The van der Waals surface area contributed by atoms with Crippen LogP contribution in [0.1, 0.15) is 113 Å². The topological polar surface area (TPSA) is 0 Å². The van der Waals surface area contributed by atoms with E-state index in [0.29, 0.717) is 0 Å². The van der Waals surface area contributed by atoms with Crippen LogP contribution in [0.15, 0.2) is 23.3 Å². The van der Waals surface area contributed by atoms with Crippen molar-refractivity contribution in [1.82, 2.24) is 0 Å². The summed E-state index contributed by atoms with van der Waals surface area (Å²) in [5, 5.41) is 0.857. The number of hydrogen-bond donors (Lipinski definition) is 0. The van der Waals surface area contributed by atoms with Gasteiger partial charge in [0.25, 0.3) is 0 Å². The standard InChI is InChI=1S/C31H54S/c1-8-21(2)10-9-11-27-14-15-31(19-25(27)6)32-20-30-18-23(4)29(17-24(30)5)16-22(3)26(7)28-12-13-28/h14,17,21-26,28,30-31H,8-13,15-16,18-20H2,1-7H3/t21?,22?,23?,24?,25?,26-,30?,31?/m1/s1. The fraction of sp³-hybridized carbons (Fsp3) is 0.871. The average molecular weight is 459 g/mol. The minimum atomic E-state index is 0.768. The van der Waals surface area contributed by atoms with E-state index in [2.05, 4.69) is 72.4 Å². The molecule has 1 saturated carbocycles. The quantitative estimate of drug-likeness (QED) is 0.262. The Balaban J connectivity index is 1.42. The Labute approximate surface area is 205 Å². The summed E-state index contributed by atoms with van der Waals surface area (Å²) in [5.41, 5.74) is 3.56. The van der Waals surface area contributed by atoms with Crippen molar-refractivity contribution in [1.29, 1.82) is 0 Å². The van der Waals surface area contributed by atoms with Crippen LogP contribution in [-0.4, -0.2) is 11.0 Å². The first-order valence-corrected chi connectivity index (χ1v) is 15.3. The van der Waals surface area contributed by atoms with Gasteiger partial charge in [-0.1, -0.05) is 84.6 Å². The smallest absolute Gasteiger partial charge is 0.00873 e. The van der Waals surface area contributed by atoms with Crippen LogP contribution in [0.5, 0.6) is 0 Å². The summed E-state index contributed by atoms with van der Waals surface area (Å²) in [5.74, 6) is 8.36. The molecule has 0 heterocycles. The maximum absolute atomic E-state index is 2.70. The van der Waals surface area contributed by atoms with Crippen LogP contribution in [0.25, 0.3) is 0 Å². The molecule has 0 spiro atoms. The number of rotatable bonds is 12. The molecule has 3 rings (SSSR count). The lowest BCUT2D eigenvalue weighted by molar-refractivity contribution is 0.305. The van der Waals surface area contributed by atoms with Crippen molar-refractivity contribution >= 4 is 11.8 Å². The van der Waals surface area contributed by atoms with Crippen molar-refractivity contribution in [2.45, 2.75) is 118 Å². The van der Waals surface area contributed by atoms with Gasteiger partial charge in [-0.2, -0.15) is 11.8 Å². The van der Waals surface area contributed by atoms with E-state index in [1.54, 1.807) is 11.1 Å². The van der Waals surface area contributed by atoms with Gasteiger partial charge in [-0.3, -0.25) is 0 Å². The van der Waals surface area contributed by atoms with Crippen molar-refractivity contribution in [3.05, 3.63) is 23.3 Å². The highest BCUT2D eigenvalue weighted by atomic mass is 32.2. The molecule has 184 valence electrons. The molecule has 3 aliphatic rings. The number of hydrogen-bond acceptors (Lipinski definition) is 1. The maximum atomic E-state index is 2.70. The van der Waals surface area contributed by atoms with Gasteiger partial charge in [-0.05, 0) is 104 Å². The van der Waals surface area contributed by atoms with Crippen LogP contribution in [0.4, 0.5) is 0 Å². The van der Waals surface area contributed by atoms with Crippen LogP contribution in [0.3, 0.4) is 0 Å². The van der Waals surface area contributed by atoms with Crippen molar-refractivity contribution in [3.8, 4) is 0 Å². The summed E-state index contributed by atoms with van der Waals surface area (Å²) >= 11 is 2.31. The van der Waals surface area contributed by atoms with E-state index in [1.807, 2.05) is 0 Å². The predicted octanol–water partition coefficient (Wildman–Crippen LogP) is 9.95. The van der Waals surface area contributed by atoms with Crippen LogP contribution < -0.4 is 0 Å². The first kappa shape index (κ1) is 26.4. The largest absolute Gasteiger partial charge is 0.158 e. The second-order valence-electron chi connectivity index (χ2n) is 12.4. The molecule has 0 nitrogen and oxygen atoms in total. The first-order chi connectivity index (χ1) is 15.3. The molecule has 1 fully saturated rings. The van der Waals surface area contributed by atoms with Crippen molar-refractivity contribution < 1.29 is 0 Å². The van der Waals surface area contributed by atoms with Gasteiger partial charge in [0.1, 0.15) is 0 Å². The zero-order chi connectivity index (χ0) is 23.3. The highest BCUT2D eigenvalue weighted by Gasteiger charge is 2.34. The molecule has 0 aromatic carbocycles. The zero-order valence-electron chi connectivity index (χ0n) is 22.5. The second kappa shape index (κ2) is 12.5. The molecule has 32 heavy (non-hydrogen) atoms. The summed E-state index contributed by atoms with van der Waals surface area (Å²) in [6, 6.07) is 0. The normalized spacial score (nSPS) is 33.9. The molecule has 1 heteroatoms. The summed E-state index contributed by atoms with van der Waals surface area (Å²) in [4.78, 5) is 0. The number of thioether (sulfide) groups is 1. The average Bonchev–Trinajstić information content (AvgIpc) is 3.61. The van der Waals surface area contributed by atoms with Crippen molar-refractivity contribution in [2.75, 3.05) is 5.75 Å². The van der Waals surface area contributed by atoms with Crippen LogP contribution >= 0.6 is 11.8 Å². The van der Waals surface area contributed by atoms with Gasteiger partial charge >= 0.3 is 0 Å². The molecular formula is C31H54S. The SMILES string of the molecule is CCC(C)CCCC1=CCC(SCC2CC(C)C(CC(C)[C@@H](C)C3CC3)=CC2C)CC1C. The molecule has 0 N–H and O–H groups in total. The third-order valence-corrected chi connectivity index (χ3v) is 11.1. The van der Waals surface area contributed by atoms with Crippen molar-refractivity contribution in [2.24, 2.45) is 47.3 Å². The molecule has 0 saturated heterocycles. The van der Waals surface area contributed by atoms with Gasteiger partial charge in [0.05, 0.1) is 0 Å². The minimum absolute atomic E-state index is 0.768. The molecule has 0 aromatic heterocycles. The third kappa shape index (κ3) is 7.68. The monoisotopic (exact) mass is 458 g/mol. The molecular weight excluding hydrogens is 404 g/mol. The van der Waals surface area contributed by atoms with E-state index in [9.17, 15) is 0 Å². The molecule has 0 amide bonds. The molecule has 0 aliphatic heterocycles. The van der Waals surface area contributed by atoms with E-state index < -0.39 is 0 Å². The molecule has 7 unspecified atom stereocenters. The van der Waals surface area contributed by atoms with Crippen LogP contribution in [0.2, 0.25) is 0 Å². The lowest BCUT2D eigenvalue weighted by Gasteiger charge is -2.35. The van der Waals surface area contributed by atoms with E-state index >= 15 is 0 Å². The fourth-order valence-corrected chi connectivity index (χ4v) is 7.94. The lowest BCUT2D eigenvalue weighted by Crippen LogP contribution is -2.26. The summed E-state index contributed by atoms with van der Waals surface area (Å²) < 4.78 is 0. The van der Waals surface area contributed by atoms with Crippen molar-refractivity contribution in [3.63, 3.8) is 0 Å². The Bertz CT molecular complexity index is 626. The molecule has 0 aromatic rings. The molecule has 0 radical (unpaired) electrons. The summed E-state index contributed by atoms with van der Waals surface area (Å²) in [6.07, 6.45) is 19.3. The van der Waals surface area contributed by atoms with E-state index in [-0.39, 0.29) is 0 Å².